The highest BCUT2D eigenvalue weighted by Gasteiger charge is 2.62. The van der Waals surface area contributed by atoms with Gasteiger partial charge in [0, 0.05) is 5.41 Å². The summed E-state index contributed by atoms with van der Waals surface area (Å²) in [5, 5.41) is -4.95. The molecular formula is C15H20F2O6S. The lowest BCUT2D eigenvalue weighted by atomic mass is 9.48. The molecule has 4 bridgehead atoms. The number of carbonyl (C=O) groups is 1. The van der Waals surface area contributed by atoms with E-state index in [4.69, 9.17) is 9.29 Å². The Morgan fingerprint density at radius 1 is 1.17 bits per heavy atom. The first-order chi connectivity index (χ1) is 11.1. The third-order valence-electron chi connectivity index (χ3n) is 6.21. The summed E-state index contributed by atoms with van der Waals surface area (Å²) in [7, 11) is -5.83. The molecule has 5 rings (SSSR count). The van der Waals surface area contributed by atoms with Gasteiger partial charge in [0.05, 0.1) is 6.10 Å². The Balaban J connectivity index is 1.36. The zero-order valence-corrected chi connectivity index (χ0v) is 13.8. The minimum atomic E-state index is -5.83. The molecule has 9 heteroatoms. The van der Waals surface area contributed by atoms with Crippen molar-refractivity contribution in [2.75, 3.05) is 6.61 Å². The van der Waals surface area contributed by atoms with Crippen LogP contribution in [-0.4, -0.2) is 43.0 Å². The van der Waals surface area contributed by atoms with Crippen LogP contribution in [0, 0.1) is 23.2 Å². The summed E-state index contributed by atoms with van der Waals surface area (Å²) in [6, 6.07) is 0. The topological polar surface area (TPSA) is 93.2 Å². The second-order valence-electron chi connectivity index (χ2n) is 7.97. The fourth-order valence-corrected chi connectivity index (χ4v) is 5.95. The Labute approximate surface area is 138 Å². The summed E-state index contributed by atoms with van der Waals surface area (Å²) in [6.45, 7) is -0.406. The van der Waals surface area contributed by atoms with Gasteiger partial charge in [0.25, 0.3) is 0 Å². The molecule has 1 N–H and O–H groups in total. The van der Waals surface area contributed by atoms with Gasteiger partial charge in [-0.3, -0.25) is 4.55 Å². The van der Waals surface area contributed by atoms with Crippen LogP contribution in [0.25, 0.3) is 0 Å². The predicted octanol–water partition coefficient (Wildman–Crippen LogP) is 1.99. The lowest BCUT2D eigenvalue weighted by molar-refractivity contribution is -0.162. The first-order valence-corrected chi connectivity index (χ1v) is 9.72. The molecule has 2 unspecified atom stereocenters. The minimum Gasteiger partial charge on any atom is -0.457 e. The van der Waals surface area contributed by atoms with Crippen molar-refractivity contribution in [3.63, 3.8) is 0 Å². The van der Waals surface area contributed by atoms with Crippen LogP contribution in [0.3, 0.4) is 0 Å². The predicted molar refractivity (Wildman–Crippen MR) is 76.7 cm³/mol. The van der Waals surface area contributed by atoms with E-state index in [0.29, 0.717) is 17.8 Å². The van der Waals surface area contributed by atoms with Gasteiger partial charge in [0.15, 0.2) is 0 Å². The summed E-state index contributed by atoms with van der Waals surface area (Å²) in [5.41, 5.74) is 0.0669. The highest BCUT2D eigenvalue weighted by Crippen LogP contribution is 2.64. The molecule has 1 aliphatic heterocycles. The molecule has 4 saturated carbocycles. The summed E-state index contributed by atoms with van der Waals surface area (Å²) >= 11 is 0. The minimum absolute atomic E-state index is 0.0669. The van der Waals surface area contributed by atoms with Crippen LogP contribution in [0.15, 0.2) is 0 Å². The first kappa shape index (κ1) is 16.7. The number of ether oxygens (including phenoxy) is 2. The molecule has 5 aliphatic rings. The number of hydrogen-bond acceptors (Lipinski definition) is 5. The molecule has 4 aliphatic carbocycles. The Kier molecular flexibility index (Phi) is 3.54. The molecule has 0 aromatic heterocycles. The van der Waals surface area contributed by atoms with Crippen molar-refractivity contribution in [1.82, 2.24) is 0 Å². The summed E-state index contributed by atoms with van der Waals surface area (Å²) in [4.78, 5) is 11.2. The summed E-state index contributed by atoms with van der Waals surface area (Å²) in [6.07, 6.45) is 6.49. The van der Waals surface area contributed by atoms with Crippen LogP contribution < -0.4 is 0 Å². The number of rotatable bonds is 5. The fourth-order valence-electron chi connectivity index (χ4n) is 5.68. The molecule has 136 valence electrons. The SMILES string of the molecule is O=C(OCC1OC1C12CC3CC(CC(C3)C1)C2)C(F)(F)S(=O)(=O)O. The summed E-state index contributed by atoms with van der Waals surface area (Å²) in [5.74, 6) is -0.114. The molecule has 5 fully saturated rings. The van der Waals surface area contributed by atoms with Crippen molar-refractivity contribution in [3.8, 4) is 0 Å². The van der Waals surface area contributed by atoms with Gasteiger partial charge < -0.3 is 9.47 Å². The molecule has 1 heterocycles. The van der Waals surface area contributed by atoms with Crippen LogP contribution in [-0.2, 0) is 24.4 Å². The third-order valence-corrected chi connectivity index (χ3v) is 7.03. The third kappa shape index (κ3) is 2.55. The van der Waals surface area contributed by atoms with E-state index >= 15 is 0 Å². The lowest BCUT2D eigenvalue weighted by Crippen LogP contribution is -2.49. The van der Waals surface area contributed by atoms with E-state index in [2.05, 4.69) is 4.74 Å². The maximum atomic E-state index is 13.2. The number of esters is 1. The molecular weight excluding hydrogens is 346 g/mol. The average molecular weight is 366 g/mol. The van der Waals surface area contributed by atoms with Crippen molar-refractivity contribution in [2.24, 2.45) is 23.2 Å². The number of hydrogen-bond donors (Lipinski definition) is 1. The molecule has 24 heavy (non-hydrogen) atoms. The van der Waals surface area contributed by atoms with E-state index in [0.717, 1.165) is 19.3 Å². The van der Waals surface area contributed by atoms with Gasteiger partial charge in [-0.05, 0) is 56.3 Å². The quantitative estimate of drug-likeness (QED) is 0.454. The molecule has 6 nitrogen and oxygen atoms in total. The Bertz CT molecular complexity index is 626. The Morgan fingerprint density at radius 3 is 2.12 bits per heavy atom. The normalized spacial score (nSPS) is 43.7. The van der Waals surface area contributed by atoms with E-state index < -0.39 is 34.1 Å². The van der Waals surface area contributed by atoms with Crippen molar-refractivity contribution in [1.29, 1.82) is 0 Å². The number of carbonyl (C=O) groups excluding carboxylic acids is 1. The largest absolute Gasteiger partial charge is 0.465 e. The smallest absolute Gasteiger partial charge is 0.457 e. The molecule has 0 spiro atoms. The van der Waals surface area contributed by atoms with Gasteiger partial charge in [-0.15, -0.1) is 0 Å². The van der Waals surface area contributed by atoms with Crippen molar-refractivity contribution < 1.29 is 36.0 Å². The Hall–Kier alpha value is -0.800. The fraction of sp³-hybridized carbons (Fsp3) is 0.933. The molecule has 0 aromatic rings. The van der Waals surface area contributed by atoms with Crippen molar-refractivity contribution in [3.05, 3.63) is 0 Å². The number of alkyl halides is 2. The van der Waals surface area contributed by atoms with Gasteiger partial charge in [-0.2, -0.15) is 17.2 Å². The highest BCUT2D eigenvalue weighted by molar-refractivity contribution is 7.87. The molecule has 2 atom stereocenters. The van der Waals surface area contributed by atoms with E-state index in [9.17, 15) is 22.0 Å². The second kappa shape index (κ2) is 5.11. The van der Waals surface area contributed by atoms with Crippen LogP contribution in [0.2, 0.25) is 0 Å². The maximum Gasteiger partial charge on any atom is 0.465 e. The van der Waals surface area contributed by atoms with Gasteiger partial charge in [0.1, 0.15) is 12.7 Å². The average Bonchev–Trinajstić information content (AvgIpc) is 3.22. The molecule has 1 saturated heterocycles. The number of halogens is 2. The van der Waals surface area contributed by atoms with Gasteiger partial charge >= 0.3 is 21.3 Å². The van der Waals surface area contributed by atoms with Crippen molar-refractivity contribution in [2.45, 2.75) is 56.0 Å². The van der Waals surface area contributed by atoms with Gasteiger partial charge in [-0.1, -0.05) is 0 Å². The van der Waals surface area contributed by atoms with E-state index in [1.807, 2.05) is 0 Å². The van der Waals surface area contributed by atoms with E-state index in [1.54, 1.807) is 0 Å². The summed E-state index contributed by atoms with van der Waals surface area (Å²) < 4.78 is 65.8. The van der Waals surface area contributed by atoms with Crippen LogP contribution in [0.1, 0.15) is 38.5 Å². The standard InChI is InChI=1S/C15H20F2O6S/c16-15(17,24(19,20)21)13(18)22-7-11-12(23-11)14-4-8-1-9(5-14)3-10(2-8)6-14/h8-12H,1-7H2,(H,19,20,21). The zero-order valence-electron chi connectivity index (χ0n) is 13.0. The van der Waals surface area contributed by atoms with Crippen molar-refractivity contribution >= 4 is 16.1 Å². The van der Waals surface area contributed by atoms with Crippen LogP contribution in [0.5, 0.6) is 0 Å². The monoisotopic (exact) mass is 366 g/mol. The Morgan fingerprint density at radius 2 is 1.67 bits per heavy atom. The van der Waals surface area contributed by atoms with Gasteiger partial charge in [0.2, 0.25) is 0 Å². The first-order valence-electron chi connectivity index (χ1n) is 8.28. The molecule has 0 amide bonds. The lowest BCUT2D eigenvalue weighted by Gasteiger charge is -2.56. The van der Waals surface area contributed by atoms with Crippen LogP contribution >= 0.6 is 0 Å². The maximum absolute atomic E-state index is 13.2. The van der Waals surface area contributed by atoms with E-state index in [1.165, 1.54) is 19.3 Å². The van der Waals surface area contributed by atoms with Crippen LogP contribution in [0.4, 0.5) is 8.78 Å². The number of epoxide rings is 1. The van der Waals surface area contributed by atoms with Gasteiger partial charge in [-0.25, -0.2) is 4.79 Å². The second-order valence-corrected chi connectivity index (χ2v) is 9.43. The molecule has 0 aromatic carbocycles. The zero-order chi connectivity index (χ0) is 17.3. The molecule has 0 radical (unpaired) electrons. The van der Waals surface area contributed by atoms with E-state index in [-0.39, 0.29) is 11.5 Å². The highest BCUT2D eigenvalue weighted by atomic mass is 32.2.